The van der Waals surface area contributed by atoms with Crippen molar-refractivity contribution in [1.82, 2.24) is 10.2 Å². The highest BCUT2D eigenvalue weighted by atomic mass is 16.2. The van der Waals surface area contributed by atoms with Gasteiger partial charge in [0.05, 0.1) is 6.54 Å². The number of carbonyl (C=O) groups excluding carboxylic acids is 3. The Balaban J connectivity index is 1.47. The lowest BCUT2D eigenvalue weighted by Gasteiger charge is -2.30. The summed E-state index contributed by atoms with van der Waals surface area (Å²) in [4.78, 5) is 39.0. The quantitative estimate of drug-likeness (QED) is 0.617. The van der Waals surface area contributed by atoms with Crippen molar-refractivity contribution in [3.05, 3.63) is 59.7 Å². The number of carbonyl (C=O) groups is 3. The Morgan fingerprint density at radius 2 is 1.42 bits per heavy atom. The summed E-state index contributed by atoms with van der Waals surface area (Å²) in [5.41, 5.74) is 2.27. The molecule has 2 aromatic rings. The maximum atomic E-state index is 12.6. The van der Waals surface area contributed by atoms with E-state index >= 15 is 0 Å². The summed E-state index contributed by atoms with van der Waals surface area (Å²) in [7, 11) is 0. The zero-order chi connectivity index (χ0) is 24.0. The predicted octanol–water partition coefficient (Wildman–Crippen LogP) is 4.14. The largest absolute Gasteiger partial charge is 0.376 e. The molecule has 0 unspecified atom stereocenters. The van der Waals surface area contributed by atoms with Crippen LogP contribution in [-0.4, -0.2) is 47.8 Å². The van der Waals surface area contributed by atoms with Gasteiger partial charge in [0.2, 0.25) is 5.91 Å². The van der Waals surface area contributed by atoms with Crippen LogP contribution in [0.5, 0.6) is 0 Å². The number of benzene rings is 2. The first-order valence-electron chi connectivity index (χ1n) is 11.5. The molecule has 1 heterocycles. The highest BCUT2D eigenvalue weighted by Crippen LogP contribution is 2.19. The van der Waals surface area contributed by atoms with Gasteiger partial charge in [-0.05, 0) is 88.1 Å². The Labute approximate surface area is 195 Å². The zero-order valence-corrected chi connectivity index (χ0v) is 19.9. The molecule has 0 aromatic heterocycles. The molecule has 1 saturated heterocycles. The van der Waals surface area contributed by atoms with Gasteiger partial charge < -0.3 is 20.9 Å². The Kier molecular flexibility index (Phi) is 7.74. The number of rotatable bonds is 6. The Bertz CT molecular complexity index is 970. The van der Waals surface area contributed by atoms with Crippen molar-refractivity contribution >= 4 is 29.1 Å². The summed E-state index contributed by atoms with van der Waals surface area (Å²) in [6.07, 6.45) is 2.10. The van der Waals surface area contributed by atoms with E-state index in [4.69, 9.17) is 0 Å². The van der Waals surface area contributed by atoms with Crippen molar-refractivity contribution in [3.8, 4) is 0 Å². The molecular weight excluding hydrogens is 416 g/mol. The molecule has 0 radical (unpaired) electrons. The summed E-state index contributed by atoms with van der Waals surface area (Å²) in [5, 5.41) is 8.78. The van der Waals surface area contributed by atoms with E-state index in [0.29, 0.717) is 22.7 Å². The summed E-state index contributed by atoms with van der Waals surface area (Å²) in [6.45, 7) is 9.70. The molecule has 1 aliphatic rings. The van der Waals surface area contributed by atoms with Crippen LogP contribution in [0.1, 0.15) is 61.3 Å². The van der Waals surface area contributed by atoms with E-state index in [1.165, 1.54) is 0 Å². The van der Waals surface area contributed by atoms with E-state index in [-0.39, 0.29) is 29.8 Å². The van der Waals surface area contributed by atoms with Gasteiger partial charge in [0.15, 0.2) is 0 Å². The van der Waals surface area contributed by atoms with Gasteiger partial charge in [-0.2, -0.15) is 0 Å². The summed E-state index contributed by atoms with van der Waals surface area (Å²) >= 11 is 0. The van der Waals surface area contributed by atoms with Crippen LogP contribution in [0.4, 0.5) is 11.4 Å². The van der Waals surface area contributed by atoms with Crippen molar-refractivity contribution in [2.24, 2.45) is 5.92 Å². The molecule has 3 rings (SSSR count). The molecular formula is C26H34N4O3. The Hall–Kier alpha value is -3.35. The van der Waals surface area contributed by atoms with Crippen molar-refractivity contribution in [3.63, 3.8) is 0 Å². The van der Waals surface area contributed by atoms with E-state index in [2.05, 4.69) is 22.9 Å². The van der Waals surface area contributed by atoms with Crippen LogP contribution in [0.3, 0.4) is 0 Å². The summed E-state index contributed by atoms with van der Waals surface area (Å²) in [6, 6.07) is 14.0. The van der Waals surface area contributed by atoms with Crippen LogP contribution in [0.25, 0.3) is 0 Å². The first kappa shape index (κ1) is 24.3. The fourth-order valence-electron chi connectivity index (χ4n) is 3.63. The molecule has 0 spiro atoms. The highest BCUT2D eigenvalue weighted by molar-refractivity contribution is 5.97. The van der Waals surface area contributed by atoms with Gasteiger partial charge in [0.1, 0.15) is 0 Å². The molecule has 1 fully saturated rings. The molecule has 0 saturated carbocycles. The first-order chi connectivity index (χ1) is 15.6. The third-order valence-corrected chi connectivity index (χ3v) is 5.58. The van der Waals surface area contributed by atoms with Gasteiger partial charge in [0, 0.05) is 41.1 Å². The monoisotopic (exact) mass is 450 g/mol. The molecule has 7 nitrogen and oxygen atoms in total. The SMILES string of the molecule is CC1CCN(C(=O)c2ccc(NCC(=O)Nc3ccc(C(=O)NC(C)(C)C)cc3)cc2)CC1. The zero-order valence-electron chi connectivity index (χ0n) is 19.9. The molecule has 2 aromatic carbocycles. The molecule has 3 amide bonds. The Morgan fingerprint density at radius 1 is 0.879 bits per heavy atom. The van der Waals surface area contributed by atoms with Gasteiger partial charge >= 0.3 is 0 Å². The van der Waals surface area contributed by atoms with Gasteiger partial charge in [0.25, 0.3) is 11.8 Å². The molecule has 0 aliphatic carbocycles. The van der Waals surface area contributed by atoms with Gasteiger partial charge in [-0.3, -0.25) is 14.4 Å². The van der Waals surface area contributed by atoms with Crippen LogP contribution in [0.15, 0.2) is 48.5 Å². The summed E-state index contributed by atoms with van der Waals surface area (Å²) < 4.78 is 0. The molecule has 33 heavy (non-hydrogen) atoms. The van der Waals surface area contributed by atoms with E-state index in [9.17, 15) is 14.4 Å². The maximum Gasteiger partial charge on any atom is 0.253 e. The van der Waals surface area contributed by atoms with Crippen LogP contribution in [0, 0.1) is 5.92 Å². The number of nitrogens with one attached hydrogen (secondary N) is 3. The number of nitrogens with zero attached hydrogens (tertiary/aromatic N) is 1. The van der Waals surface area contributed by atoms with Gasteiger partial charge in [-0.15, -0.1) is 0 Å². The molecule has 176 valence electrons. The lowest BCUT2D eigenvalue weighted by atomic mass is 9.98. The topological polar surface area (TPSA) is 90.5 Å². The Morgan fingerprint density at radius 3 is 2.00 bits per heavy atom. The minimum Gasteiger partial charge on any atom is -0.376 e. The molecule has 0 bridgehead atoms. The molecule has 3 N–H and O–H groups in total. The smallest absolute Gasteiger partial charge is 0.253 e. The van der Waals surface area contributed by atoms with Crippen LogP contribution in [0.2, 0.25) is 0 Å². The van der Waals surface area contributed by atoms with Crippen molar-refractivity contribution in [2.45, 2.75) is 46.1 Å². The van der Waals surface area contributed by atoms with Crippen LogP contribution >= 0.6 is 0 Å². The summed E-state index contributed by atoms with van der Waals surface area (Å²) in [5.74, 6) is 0.381. The fourth-order valence-corrected chi connectivity index (χ4v) is 3.63. The number of piperidine rings is 1. The fraction of sp³-hybridized carbons (Fsp3) is 0.423. The number of hydrogen-bond acceptors (Lipinski definition) is 4. The number of hydrogen-bond donors (Lipinski definition) is 3. The standard InChI is InChI=1S/C26H34N4O3/c1-18-13-15-30(16-14-18)25(33)20-7-9-21(10-8-20)27-17-23(31)28-22-11-5-19(6-12-22)24(32)29-26(2,3)4/h5-12,18,27H,13-17H2,1-4H3,(H,28,31)(H,29,32). The first-order valence-corrected chi connectivity index (χ1v) is 11.5. The predicted molar refractivity (Wildman–Crippen MR) is 132 cm³/mol. The van der Waals surface area contributed by atoms with E-state index in [0.717, 1.165) is 31.6 Å². The lowest BCUT2D eigenvalue weighted by molar-refractivity contribution is -0.114. The number of amides is 3. The van der Waals surface area contributed by atoms with Crippen LogP contribution in [-0.2, 0) is 4.79 Å². The number of anilines is 2. The van der Waals surface area contributed by atoms with E-state index in [1.807, 2.05) is 37.8 Å². The second-order valence-corrected chi connectivity index (χ2v) is 9.74. The minimum atomic E-state index is -0.312. The third kappa shape index (κ3) is 7.34. The average molecular weight is 451 g/mol. The van der Waals surface area contributed by atoms with E-state index in [1.54, 1.807) is 36.4 Å². The van der Waals surface area contributed by atoms with E-state index < -0.39 is 0 Å². The lowest BCUT2D eigenvalue weighted by Crippen LogP contribution is -2.40. The average Bonchev–Trinajstić information content (AvgIpc) is 2.77. The molecule has 1 aliphatic heterocycles. The second kappa shape index (κ2) is 10.5. The van der Waals surface area contributed by atoms with Gasteiger partial charge in [-0.1, -0.05) is 6.92 Å². The van der Waals surface area contributed by atoms with Crippen molar-refractivity contribution in [2.75, 3.05) is 30.3 Å². The second-order valence-electron chi connectivity index (χ2n) is 9.74. The minimum absolute atomic E-state index is 0.0609. The van der Waals surface area contributed by atoms with Crippen LogP contribution < -0.4 is 16.0 Å². The van der Waals surface area contributed by atoms with Crippen molar-refractivity contribution < 1.29 is 14.4 Å². The molecule has 7 heteroatoms. The molecule has 0 atom stereocenters. The van der Waals surface area contributed by atoms with Crippen molar-refractivity contribution in [1.29, 1.82) is 0 Å². The number of likely N-dealkylation sites (tertiary alicyclic amines) is 1. The highest BCUT2D eigenvalue weighted by Gasteiger charge is 2.21. The maximum absolute atomic E-state index is 12.6. The normalized spacial score (nSPS) is 14.5. The van der Waals surface area contributed by atoms with Gasteiger partial charge in [-0.25, -0.2) is 0 Å². The third-order valence-electron chi connectivity index (χ3n) is 5.58.